The highest BCUT2D eigenvalue weighted by Gasteiger charge is 2.61. The number of anilines is 1. The third kappa shape index (κ3) is 3.12. The van der Waals surface area contributed by atoms with Crippen LogP contribution >= 0.6 is 11.8 Å². The van der Waals surface area contributed by atoms with Crippen LogP contribution in [0.1, 0.15) is 45.2 Å². The smallest absolute Gasteiger partial charge is 0.270 e. The molecular weight excluding hydrogens is 364 g/mol. The summed E-state index contributed by atoms with van der Waals surface area (Å²) in [7, 11) is 0. The van der Waals surface area contributed by atoms with Gasteiger partial charge in [0.1, 0.15) is 0 Å². The van der Waals surface area contributed by atoms with Gasteiger partial charge in [-0.3, -0.25) is 14.4 Å². The molecule has 2 heterocycles. The lowest BCUT2D eigenvalue weighted by molar-refractivity contribution is -0.139. The lowest BCUT2D eigenvalue weighted by atomic mass is 10.0. The molecule has 1 N–H and O–H groups in total. The Kier molecular flexibility index (Phi) is 5.03. The Balaban J connectivity index is 2.12. The molecule has 144 valence electrons. The van der Waals surface area contributed by atoms with Crippen molar-refractivity contribution in [3.63, 3.8) is 0 Å². The summed E-state index contributed by atoms with van der Waals surface area (Å²) < 4.78 is 0. The second-order valence-corrected chi connectivity index (χ2v) is 8.46. The SMILES string of the molecule is CC(=O)NC1=NN(C(C)=O)C2(S1)C(=O)N(CCC(C)C)c1c(C)cccc12. The molecule has 2 aliphatic heterocycles. The van der Waals surface area contributed by atoms with Crippen molar-refractivity contribution >= 4 is 40.3 Å². The minimum Gasteiger partial charge on any atom is -0.309 e. The number of thioether (sulfide) groups is 1. The summed E-state index contributed by atoms with van der Waals surface area (Å²) in [5.74, 6) is -0.410. The first-order valence-corrected chi connectivity index (χ1v) is 9.78. The first kappa shape index (κ1) is 19.4. The molecule has 0 saturated heterocycles. The molecule has 1 aromatic rings. The zero-order valence-electron chi connectivity index (χ0n) is 16.2. The van der Waals surface area contributed by atoms with Gasteiger partial charge in [-0.15, -0.1) is 5.10 Å². The molecule has 1 spiro atoms. The number of amides is 3. The summed E-state index contributed by atoms with van der Waals surface area (Å²) in [6.45, 7) is 9.50. The number of nitrogens with one attached hydrogen (secondary N) is 1. The normalized spacial score (nSPS) is 21.1. The van der Waals surface area contributed by atoms with Crippen LogP contribution in [-0.4, -0.2) is 34.4 Å². The largest absolute Gasteiger partial charge is 0.309 e. The van der Waals surface area contributed by atoms with Gasteiger partial charge in [0, 0.05) is 26.0 Å². The second kappa shape index (κ2) is 6.99. The van der Waals surface area contributed by atoms with Crippen LogP contribution in [0.2, 0.25) is 0 Å². The molecule has 1 aromatic carbocycles. The molecule has 0 aliphatic carbocycles. The Morgan fingerprint density at radius 1 is 1.30 bits per heavy atom. The fourth-order valence-electron chi connectivity index (χ4n) is 3.45. The van der Waals surface area contributed by atoms with Crippen LogP contribution in [0, 0.1) is 12.8 Å². The van der Waals surface area contributed by atoms with E-state index in [2.05, 4.69) is 24.3 Å². The fourth-order valence-corrected chi connectivity index (χ4v) is 4.78. The van der Waals surface area contributed by atoms with Crippen molar-refractivity contribution in [2.24, 2.45) is 11.0 Å². The maximum atomic E-state index is 13.6. The van der Waals surface area contributed by atoms with Crippen LogP contribution in [-0.2, 0) is 19.3 Å². The Labute approximate surface area is 163 Å². The van der Waals surface area contributed by atoms with Crippen molar-refractivity contribution in [1.29, 1.82) is 0 Å². The third-order valence-corrected chi connectivity index (χ3v) is 5.89. The summed E-state index contributed by atoms with van der Waals surface area (Å²) in [5, 5.41) is 8.33. The van der Waals surface area contributed by atoms with E-state index in [1.165, 1.54) is 18.9 Å². The first-order chi connectivity index (χ1) is 12.7. The summed E-state index contributed by atoms with van der Waals surface area (Å²) in [6.07, 6.45) is 0.847. The fraction of sp³-hybridized carbons (Fsp3) is 0.474. The number of hydrogen-bond donors (Lipinski definition) is 1. The summed E-state index contributed by atoms with van der Waals surface area (Å²) in [5.41, 5.74) is 2.54. The van der Waals surface area contributed by atoms with Gasteiger partial charge in [0.15, 0.2) is 5.17 Å². The molecule has 0 saturated carbocycles. The zero-order chi connectivity index (χ0) is 19.9. The van der Waals surface area contributed by atoms with Gasteiger partial charge in [0.25, 0.3) is 5.91 Å². The number of nitrogens with zero attached hydrogens (tertiary/aromatic N) is 3. The van der Waals surface area contributed by atoms with Gasteiger partial charge in [-0.25, -0.2) is 0 Å². The van der Waals surface area contributed by atoms with E-state index in [9.17, 15) is 14.4 Å². The minimum absolute atomic E-state index is 0.197. The average molecular weight is 388 g/mol. The van der Waals surface area contributed by atoms with Crippen LogP contribution in [0.3, 0.4) is 0 Å². The summed E-state index contributed by atoms with van der Waals surface area (Å²) in [6, 6.07) is 5.70. The Bertz CT molecular complexity index is 851. The minimum atomic E-state index is -1.30. The highest BCUT2D eigenvalue weighted by Crippen LogP contribution is 2.55. The van der Waals surface area contributed by atoms with Gasteiger partial charge in [0.05, 0.1) is 5.69 Å². The highest BCUT2D eigenvalue weighted by molar-refractivity contribution is 8.15. The van der Waals surface area contributed by atoms with Crippen molar-refractivity contribution in [1.82, 2.24) is 10.3 Å². The molecule has 0 bridgehead atoms. The molecule has 1 unspecified atom stereocenters. The van der Waals surface area contributed by atoms with E-state index in [1.54, 1.807) is 4.90 Å². The number of aryl methyl sites for hydroxylation is 1. The van der Waals surface area contributed by atoms with E-state index in [-0.39, 0.29) is 22.9 Å². The zero-order valence-corrected chi connectivity index (χ0v) is 17.0. The standard InChI is InChI=1S/C19H24N4O3S/c1-11(2)9-10-22-16-12(3)7-6-8-15(16)19(17(22)26)23(14(5)25)21-18(27-19)20-13(4)24/h6-8,11H,9-10H2,1-5H3,(H,20,21,24). The predicted molar refractivity (Wildman–Crippen MR) is 106 cm³/mol. The number of fused-ring (bicyclic) bond motifs is 2. The number of amidine groups is 1. The van der Waals surface area contributed by atoms with Gasteiger partial charge >= 0.3 is 0 Å². The molecule has 0 aromatic heterocycles. The van der Waals surface area contributed by atoms with Gasteiger partial charge in [-0.05, 0) is 36.6 Å². The molecule has 2 aliphatic rings. The molecular formula is C19H24N4O3S. The Hall–Kier alpha value is -2.35. The Morgan fingerprint density at radius 3 is 2.59 bits per heavy atom. The van der Waals surface area contributed by atoms with Crippen LogP contribution in [0.25, 0.3) is 0 Å². The van der Waals surface area contributed by atoms with Gasteiger partial charge < -0.3 is 10.2 Å². The van der Waals surface area contributed by atoms with E-state index in [1.807, 2.05) is 25.1 Å². The van der Waals surface area contributed by atoms with Crippen LogP contribution in [0.5, 0.6) is 0 Å². The topological polar surface area (TPSA) is 82.1 Å². The maximum Gasteiger partial charge on any atom is 0.270 e. The second-order valence-electron chi connectivity index (χ2n) is 7.27. The van der Waals surface area contributed by atoms with Gasteiger partial charge in [-0.2, -0.15) is 5.01 Å². The average Bonchev–Trinajstić information content (AvgIpc) is 3.05. The van der Waals surface area contributed by atoms with E-state index in [0.29, 0.717) is 12.5 Å². The number of para-hydroxylation sites is 1. The quantitative estimate of drug-likeness (QED) is 0.863. The van der Waals surface area contributed by atoms with Crippen LogP contribution in [0.15, 0.2) is 23.3 Å². The predicted octanol–water partition coefficient (Wildman–Crippen LogP) is 2.54. The molecule has 7 nitrogen and oxygen atoms in total. The number of rotatable bonds is 3. The van der Waals surface area contributed by atoms with Crippen molar-refractivity contribution in [3.05, 3.63) is 29.3 Å². The molecule has 0 radical (unpaired) electrons. The molecule has 3 amide bonds. The molecule has 0 fully saturated rings. The van der Waals surface area contributed by atoms with Crippen molar-refractivity contribution in [2.75, 3.05) is 11.4 Å². The van der Waals surface area contributed by atoms with E-state index < -0.39 is 4.87 Å². The number of carbonyl (C=O) groups is 3. The molecule has 3 rings (SSSR count). The summed E-state index contributed by atoms with van der Waals surface area (Å²) >= 11 is 1.11. The van der Waals surface area contributed by atoms with Crippen molar-refractivity contribution in [2.45, 2.75) is 45.9 Å². The first-order valence-electron chi connectivity index (χ1n) is 8.96. The molecule has 27 heavy (non-hydrogen) atoms. The van der Waals surface area contributed by atoms with E-state index in [4.69, 9.17) is 0 Å². The van der Waals surface area contributed by atoms with Gasteiger partial charge in [-0.1, -0.05) is 32.0 Å². The number of hydrogen-bond acceptors (Lipinski definition) is 5. The van der Waals surface area contributed by atoms with Crippen LogP contribution < -0.4 is 10.2 Å². The number of benzene rings is 1. The van der Waals surface area contributed by atoms with Crippen LogP contribution in [0.4, 0.5) is 5.69 Å². The van der Waals surface area contributed by atoms with E-state index >= 15 is 0 Å². The number of hydrazone groups is 1. The monoisotopic (exact) mass is 388 g/mol. The Morgan fingerprint density at radius 2 is 2.00 bits per heavy atom. The number of carbonyl (C=O) groups excluding carboxylic acids is 3. The van der Waals surface area contributed by atoms with Gasteiger partial charge in [0.2, 0.25) is 16.7 Å². The van der Waals surface area contributed by atoms with E-state index in [0.717, 1.165) is 35.0 Å². The third-order valence-electron chi connectivity index (χ3n) is 4.65. The maximum absolute atomic E-state index is 13.6. The molecule has 1 atom stereocenters. The highest BCUT2D eigenvalue weighted by atomic mass is 32.2. The molecule has 8 heteroatoms. The van der Waals surface area contributed by atoms with Crippen molar-refractivity contribution < 1.29 is 14.4 Å². The lowest BCUT2D eigenvalue weighted by Crippen LogP contribution is -2.48. The summed E-state index contributed by atoms with van der Waals surface area (Å²) in [4.78, 5) is 38.0. The lowest BCUT2D eigenvalue weighted by Gasteiger charge is -2.29. The van der Waals surface area contributed by atoms with Crippen molar-refractivity contribution in [3.8, 4) is 0 Å².